The molecule has 0 saturated heterocycles. The lowest BCUT2D eigenvalue weighted by molar-refractivity contribution is 0.532. The van der Waals surface area contributed by atoms with Gasteiger partial charge in [0.05, 0.1) is 5.56 Å². The maximum Gasteiger partial charge on any atom is 0.184 e. The topological polar surface area (TPSA) is 76.7 Å². The minimum absolute atomic E-state index is 0.152. The quantitative estimate of drug-likeness (QED) is 0.349. The second kappa shape index (κ2) is 7.41. The Morgan fingerprint density at radius 2 is 2.08 bits per heavy atom. The number of benzene rings is 1. The first kappa shape index (κ1) is 17.7. The molecule has 7 heteroatoms. The van der Waals surface area contributed by atoms with Crippen molar-refractivity contribution in [1.29, 1.82) is 0 Å². The van der Waals surface area contributed by atoms with Gasteiger partial charge in [0.1, 0.15) is 22.9 Å². The van der Waals surface area contributed by atoms with E-state index in [-0.39, 0.29) is 5.11 Å². The summed E-state index contributed by atoms with van der Waals surface area (Å²) >= 11 is 8.28. The van der Waals surface area contributed by atoms with Crippen molar-refractivity contribution < 1.29 is 8.83 Å². The highest BCUT2D eigenvalue weighted by Gasteiger charge is 2.19. The summed E-state index contributed by atoms with van der Waals surface area (Å²) in [6.45, 7) is 3.85. The molecular weight excluding hydrogens is 402 g/mol. The molecule has 3 N–H and O–H groups in total. The number of hydrogen-bond acceptors (Lipinski definition) is 4. The highest BCUT2D eigenvalue weighted by molar-refractivity contribution is 9.10. The predicted molar refractivity (Wildman–Crippen MR) is 108 cm³/mol. The molecule has 1 aromatic carbocycles. The Hall–Kier alpha value is -2.12. The Morgan fingerprint density at radius 3 is 2.76 bits per heavy atom. The van der Waals surface area contributed by atoms with Gasteiger partial charge in [0, 0.05) is 22.0 Å². The lowest BCUT2D eigenvalue weighted by Gasteiger charge is -2.02. The van der Waals surface area contributed by atoms with Crippen LogP contribution < -0.4 is 11.2 Å². The van der Waals surface area contributed by atoms with E-state index in [1.54, 1.807) is 0 Å². The SMILES string of the molecule is C/C(CCc1oc2ccc(Br)cc2c1-c1ccc(C)o1)=N\NC(N)=S. The fraction of sp³-hybridized carbons (Fsp3) is 0.222. The molecule has 0 saturated carbocycles. The van der Waals surface area contributed by atoms with Crippen LogP contribution in [0.4, 0.5) is 0 Å². The molecule has 0 amide bonds. The molecule has 130 valence electrons. The van der Waals surface area contributed by atoms with Gasteiger partial charge in [0.25, 0.3) is 0 Å². The predicted octanol–water partition coefficient (Wildman–Crippen LogP) is 4.91. The number of halogens is 1. The van der Waals surface area contributed by atoms with E-state index >= 15 is 0 Å². The zero-order valence-corrected chi connectivity index (χ0v) is 16.3. The lowest BCUT2D eigenvalue weighted by Crippen LogP contribution is -2.25. The number of nitrogens with two attached hydrogens (primary N) is 1. The number of rotatable bonds is 5. The van der Waals surface area contributed by atoms with E-state index < -0.39 is 0 Å². The smallest absolute Gasteiger partial charge is 0.184 e. The average molecular weight is 420 g/mol. The van der Waals surface area contributed by atoms with Gasteiger partial charge in [-0.2, -0.15) is 5.10 Å². The Bertz CT molecular complexity index is 959. The number of hydrazone groups is 1. The molecule has 3 rings (SSSR count). The normalized spacial score (nSPS) is 11.9. The summed E-state index contributed by atoms with van der Waals surface area (Å²) in [7, 11) is 0. The van der Waals surface area contributed by atoms with Crippen LogP contribution in [0.2, 0.25) is 0 Å². The van der Waals surface area contributed by atoms with E-state index in [4.69, 9.17) is 26.8 Å². The van der Waals surface area contributed by atoms with Gasteiger partial charge in [-0.25, -0.2) is 0 Å². The van der Waals surface area contributed by atoms with Gasteiger partial charge in [-0.1, -0.05) is 15.9 Å². The molecule has 5 nitrogen and oxygen atoms in total. The van der Waals surface area contributed by atoms with Crippen molar-refractivity contribution >= 4 is 49.9 Å². The Balaban J connectivity index is 1.97. The van der Waals surface area contributed by atoms with Gasteiger partial charge < -0.3 is 14.6 Å². The van der Waals surface area contributed by atoms with Crippen molar-refractivity contribution in [3.8, 4) is 11.3 Å². The summed E-state index contributed by atoms with van der Waals surface area (Å²) in [6, 6.07) is 9.89. The van der Waals surface area contributed by atoms with Crippen LogP contribution >= 0.6 is 28.1 Å². The summed E-state index contributed by atoms with van der Waals surface area (Å²) in [4.78, 5) is 0. The van der Waals surface area contributed by atoms with Crippen LogP contribution in [0, 0.1) is 6.92 Å². The third kappa shape index (κ3) is 4.11. The minimum atomic E-state index is 0.152. The van der Waals surface area contributed by atoms with Gasteiger partial charge >= 0.3 is 0 Å². The second-order valence-electron chi connectivity index (χ2n) is 5.77. The van der Waals surface area contributed by atoms with Gasteiger partial charge in [0.2, 0.25) is 0 Å². The summed E-state index contributed by atoms with van der Waals surface area (Å²) in [6.07, 6.45) is 1.40. The van der Waals surface area contributed by atoms with Crippen LogP contribution in [-0.4, -0.2) is 10.8 Å². The van der Waals surface area contributed by atoms with Crippen molar-refractivity contribution in [1.82, 2.24) is 5.43 Å². The minimum Gasteiger partial charge on any atom is -0.461 e. The fourth-order valence-electron chi connectivity index (χ4n) is 2.64. The molecular formula is C18H18BrN3O2S. The van der Waals surface area contributed by atoms with E-state index in [0.29, 0.717) is 12.8 Å². The molecule has 2 heterocycles. The molecule has 25 heavy (non-hydrogen) atoms. The van der Waals surface area contributed by atoms with Crippen LogP contribution in [0.5, 0.6) is 0 Å². The molecule has 0 aliphatic carbocycles. The maximum absolute atomic E-state index is 6.09. The lowest BCUT2D eigenvalue weighted by atomic mass is 10.0. The molecule has 0 radical (unpaired) electrons. The summed E-state index contributed by atoms with van der Waals surface area (Å²) < 4.78 is 12.9. The third-order valence-electron chi connectivity index (χ3n) is 3.78. The number of aryl methyl sites for hydroxylation is 2. The summed E-state index contributed by atoms with van der Waals surface area (Å²) in [5.41, 5.74) is 10.7. The second-order valence-corrected chi connectivity index (χ2v) is 7.13. The Labute approximate surface area is 159 Å². The summed E-state index contributed by atoms with van der Waals surface area (Å²) in [5, 5.41) is 5.32. The van der Waals surface area contributed by atoms with Crippen LogP contribution in [0.1, 0.15) is 24.9 Å². The number of furan rings is 2. The van der Waals surface area contributed by atoms with Gasteiger partial charge in [0.15, 0.2) is 5.11 Å². The first-order valence-corrected chi connectivity index (χ1v) is 9.00. The summed E-state index contributed by atoms with van der Waals surface area (Å²) in [5.74, 6) is 2.54. The first-order valence-electron chi connectivity index (χ1n) is 7.80. The van der Waals surface area contributed by atoms with Crippen LogP contribution in [0.25, 0.3) is 22.3 Å². The molecule has 2 aromatic heterocycles. The zero-order chi connectivity index (χ0) is 18.0. The largest absolute Gasteiger partial charge is 0.461 e. The molecule has 3 aromatic rings. The molecule has 0 unspecified atom stereocenters. The van der Waals surface area contributed by atoms with E-state index in [0.717, 1.165) is 44.0 Å². The monoisotopic (exact) mass is 419 g/mol. The average Bonchev–Trinajstić information content (AvgIpc) is 3.13. The molecule has 0 aliphatic rings. The van der Waals surface area contributed by atoms with E-state index in [2.05, 4.69) is 26.5 Å². The van der Waals surface area contributed by atoms with Gasteiger partial charge in [-0.3, -0.25) is 5.43 Å². The number of fused-ring (bicyclic) bond motifs is 1. The number of nitrogens with one attached hydrogen (secondary N) is 1. The first-order chi connectivity index (χ1) is 11.9. The molecule has 0 fully saturated rings. The standard InChI is InChI=1S/C18H18BrN3O2S/c1-10(21-22-18(20)25)3-6-16-17(15-7-4-11(2)23-15)13-9-12(19)5-8-14(13)24-16/h4-5,7-9H,3,6H2,1-2H3,(H3,20,22,25)/b21-10+. The van der Waals surface area contributed by atoms with Crippen LogP contribution in [-0.2, 0) is 6.42 Å². The van der Waals surface area contributed by atoms with Crippen molar-refractivity contribution in [2.24, 2.45) is 10.8 Å². The highest BCUT2D eigenvalue weighted by Crippen LogP contribution is 2.37. The Kier molecular flexibility index (Phi) is 5.24. The van der Waals surface area contributed by atoms with Gasteiger partial charge in [-0.15, -0.1) is 0 Å². The van der Waals surface area contributed by atoms with Crippen LogP contribution in [0.15, 0.2) is 48.7 Å². The van der Waals surface area contributed by atoms with Crippen molar-refractivity contribution in [2.75, 3.05) is 0 Å². The van der Waals surface area contributed by atoms with E-state index in [9.17, 15) is 0 Å². The van der Waals surface area contributed by atoms with Crippen LogP contribution in [0.3, 0.4) is 0 Å². The van der Waals surface area contributed by atoms with Crippen molar-refractivity contribution in [2.45, 2.75) is 26.7 Å². The fourth-order valence-corrected chi connectivity index (χ4v) is 3.04. The Morgan fingerprint density at radius 1 is 1.28 bits per heavy atom. The number of hydrogen-bond donors (Lipinski definition) is 2. The highest BCUT2D eigenvalue weighted by atomic mass is 79.9. The molecule has 0 spiro atoms. The van der Waals surface area contributed by atoms with Crippen molar-refractivity contribution in [3.63, 3.8) is 0 Å². The van der Waals surface area contributed by atoms with Gasteiger partial charge in [-0.05, 0) is 62.8 Å². The van der Waals surface area contributed by atoms with Crippen molar-refractivity contribution in [3.05, 3.63) is 46.3 Å². The maximum atomic E-state index is 6.09. The molecule has 0 bridgehead atoms. The number of nitrogens with zero attached hydrogens (tertiary/aromatic N) is 1. The zero-order valence-electron chi connectivity index (χ0n) is 13.9. The molecule has 0 atom stereocenters. The van der Waals surface area contributed by atoms with E-state index in [1.807, 2.05) is 44.2 Å². The third-order valence-corrected chi connectivity index (χ3v) is 4.37. The molecule has 0 aliphatic heterocycles. The number of thiocarbonyl (C=S) groups is 1. The van der Waals surface area contributed by atoms with E-state index in [1.165, 1.54) is 0 Å².